The van der Waals surface area contributed by atoms with Gasteiger partial charge in [0, 0.05) is 0 Å². The monoisotopic (exact) mass is 262 g/mol. The molecule has 6 nitrogen and oxygen atoms in total. The van der Waals surface area contributed by atoms with E-state index < -0.39 is 10.0 Å². The lowest BCUT2D eigenvalue weighted by Gasteiger charge is -2.09. The molecule has 1 heterocycles. The number of nitrogens with zero attached hydrogens (tertiary/aromatic N) is 2. The van der Waals surface area contributed by atoms with Gasteiger partial charge in [-0.1, -0.05) is 6.07 Å². The van der Waals surface area contributed by atoms with Gasteiger partial charge in [0.25, 0.3) is 10.0 Å². The van der Waals surface area contributed by atoms with Crippen LogP contribution in [0.2, 0.25) is 0 Å². The van der Waals surface area contributed by atoms with Gasteiger partial charge in [0.05, 0.1) is 23.5 Å². The Balaban J connectivity index is 2.38. The third-order valence-electron chi connectivity index (χ3n) is 2.38. The van der Waals surface area contributed by atoms with Crippen molar-refractivity contribution in [2.75, 3.05) is 4.72 Å². The Morgan fingerprint density at radius 2 is 2.17 bits per heavy atom. The van der Waals surface area contributed by atoms with Crippen molar-refractivity contribution in [3.8, 4) is 6.07 Å². The number of aryl methyl sites for hydroxylation is 1. The normalized spacial score (nSPS) is 10.9. The van der Waals surface area contributed by atoms with Gasteiger partial charge in [0.15, 0.2) is 5.03 Å². The number of hydrogen-bond acceptors (Lipinski definition) is 4. The highest BCUT2D eigenvalue weighted by Crippen LogP contribution is 2.19. The van der Waals surface area contributed by atoms with Gasteiger partial charge in [-0.15, -0.1) is 0 Å². The lowest BCUT2D eigenvalue weighted by atomic mass is 10.1. The zero-order valence-corrected chi connectivity index (χ0v) is 10.3. The van der Waals surface area contributed by atoms with Crippen LogP contribution >= 0.6 is 0 Å². The molecule has 0 aliphatic heterocycles. The maximum Gasteiger partial charge on any atom is 0.278 e. The van der Waals surface area contributed by atoms with Crippen molar-refractivity contribution in [3.63, 3.8) is 0 Å². The molecular weight excluding hydrogens is 252 g/mol. The summed E-state index contributed by atoms with van der Waals surface area (Å²) in [7, 11) is -3.69. The third-order valence-corrected chi connectivity index (χ3v) is 3.67. The molecule has 0 unspecified atom stereocenters. The fraction of sp³-hybridized carbons (Fsp3) is 0.0909. The molecule has 1 aromatic carbocycles. The van der Waals surface area contributed by atoms with Crippen LogP contribution in [0.15, 0.2) is 35.5 Å². The minimum absolute atomic E-state index is 0.0238. The number of anilines is 1. The average Bonchev–Trinajstić information content (AvgIpc) is 2.86. The Hall–Kier alpha value is -2.33. The van der Waals surface area contributed by atoms with Crippen LogP contribution in [-0.2, 0) is 10.0 Å². The Bertz CT molecular complexity index is 699. The van der Waals surface area contributed by atoms with E-state index in [0.29, 0.717) is 11.3 Å². The largest absolute Gasteiger partial charge is 0.278 e. The van der Waals surface area contributed by atoms with E-state index in [9.17, 15) is 8.42 Å². The Morgan fingerprint density at radius 1 is 1.39 bits per heavy atom. The average molecular weight is 262 g/mol. The molecule has 0 radical (unpaired) electrons. The van der Waals surface area contributed by atoms with Gasteiger partial charge in [-0.05, 0) is 30.7 Å². The quantitative estimate of drug-likeness (QED) is 0.873. The number of aromatic nitrogens is 2. The molecule has 0 atom stereocenters. The standard InChI is InChI=1S/C11H10N4O2S/c1-8-2-3-9(7-12)6-10(8)15-18(16,17)11-4-5-13-14-11/h2-6,15H,1H3,(H,13,14). The van der Waals surface area contributed by atoms with Gasteiger partial charge >= 0.3 is 0 Å². The number of aromatic amines is 1. The van der Waals surface area contributed by atoms with E-state index in [2.05, 4.69) is 14.9 Å². The third kappa shape index (κ3) is 2.33. The summed E-state index contributed by atoms with van der Waals surface area (Å²) in [4.78, 5) is 0. The first-order valence-electron chi connectivity index (χ1n) is 5.06. The summed E-state index contributed by atoms with van der Waals surface area (Å²) >= 11 is 0. The molecule has 0 aliphatic carbocycles. The van der Waals surface area contributed by atoms with Crippen molar-refractivity contribution in [1.82, 2.24) is 10.2 Å². The molecule has 0 saturated carbocycles. The van der Waals surface area contributed by atoms with E-state index in [4.69, 9.17) is 5.26 Å². The molecule has 1 aromatic heterocycles. The van der Waals surface area contributed by atoms with Gasteiger partial charge < -0.3 is 0 Å². The summed E-state index contributed by atoms with van der Waals surface area (Å²) in [6.45, 7) is 1.76. The second-order valence-corrected chi connectivity index (χ2v) is 5.32. The number of H-pyrrole nitrogens is 1. The maximum absolute atomic E-state index is 11.9. The molecule has 92 valence electrons. The Morgan fingerprint density at radius 3 is 2.78 bits per heavy atom. The minimum atomic E-state index is -3.69. The zero-order chi connectivity index (χ0) is 13.2. The number of nitriles is 1. The predicted molar refractivity (Wildman–Crippen MR) is 65.3 cm³/mol. The van der Waals surface area contributed by atoms with Crippen molar-refractivity contribution < 1.29 is 8.42 Å². The van der Waals surface area contributed by atoms with Gasteiger partial charge in [-0.3, -0.25) is 9.82 Å². The van der Waals surface area contributed by atoms with Crippen molar-refractivity contribution in [3.05, 3.63) is 41.6 Å². The first-order valence-corrected chi connectivity index (χ1v) is 6.54. The molecular formula is C11H10N4O2S. The molecule has 2 rings (SSSR count). The first kappa shape index (κ1) is 12.1. The summed E-state index contributed by atoms with van der Waals surface area (Å²) in [5.41, 5.74) is 1.50. The van der Waals surface area contributed by atoms with Crippen LogP contribution in [0.1, 0.15) is 11.1 Å². The molecule has 0 saturated heterocycles. The second-order valence-electron chi connectivity index (χ2n) is 3.67. The van der Waals surface area contributed by atoms with Gasteiger partial charge in [-0.25, -0.2) is 0 Å². The summed E-state index contributed by atoms with van der Waals surface area (Å²) in [6, 6.07) is 8.11. The van der Waals surface area contributed by atoms with Crippen molar-refractivity contribution in [2.24, 2.45) is 0 Å². The van der Waals surface area contributed by atoms with Crippen LogP contribution in [0.4, 0.5) is 5.69 Å². The Labute approximate surface area is 104 Å². The lowest BCUT2D eigenvalue weighted by molar-refractivity contribution is 0.597. The predicted octanol–water partition coefficient (Wildman–Crippen LogP) is 1.39. The van der Waals surface area contributed by atoms with Crippen LogP contribution in [0.5, 0.6) is 0 Å². The van der Waals surface area contributed by atoms with E-state index in [-0.39, 0.29) is 5.03 Å². The smallest absolute Gasteiger partial charge is 0.278 e. The summed E-state index contributed by atoms with van der Waals surface area (Å²) in [5.74, 6) is 0. The molecule has 0 amide bonds. The molecule has 7 heteroatoms. The number of hydrogen-bond donors (Lipinski definition) is 2. The fourth-order valence-electron chi connectivity index (χ4n) is 1.39. The minimum Gasteiger partial charge on any atom is -0.278 e. The molecule has 2 N–H and O–H groups in total. The van der Waals surface area contributed by atoms with Crippen LogP contribution in [0, 0.1) is 18.3 Å². The molecule has 2 aromatic rings. The summed E-state index contributed by atoms with van der Waals surface area (Å²) < 4.78 is 26.3. The summed E-state index contributed by atoms with van der Waals surface area (Å²) in [5, 5.41) is 14.7. The van der Waals surface area contributed by atoms with Crippen molar-refractivity contribution >= 4 is 15.7 Å². The number of rotatable bonds is 3. The summed E-state index contributed by atoms with van der Waals surface area (Å²) in [6.07, 6.45) is 1.35. The number of sulfonamides is 1. The van der Waals surface area contributed by atoms with Crippen LogP contribution < -0.4 is 4.72 Å². The van der Waals surface area contributed by atoms with Crippen molar-refractivity contribution in [1.29, 1.82) is 5.26 Å². The zero-order valence-electron chi connectivity index (χ0n) is 9.51. The van der Waals surface area contributed by atoms with Crippen LogP contribution in [-0.4, -0.2) is 18.6 Å². The van der Waals surface area contributed by atoms with Crippen molar-refractivity contribution in [2.45, 2.75) is 11.9 Å². The SMILES string of the molecule is Cc1ccc(C#N)cc1NS(=O)(=O)c1ccn[nH]1. The Kier molecular flexibility index (Phi) is 3.04. The van der Waals surface area contributed by atoms with E-state index >= 15 is 0 Å². The maximum atomic E-state index is 11.9. The highest BCUT2D eigenvalue weighted by Gasteiger charge is 2.16. The van der Waals surface area contributed by atoms with Gasteiger partial charge in [-0.2, -0.15) is 18.8 Å². The highest BCUT2D eigenvalue weighted by atomic mass is 32.2. The highest BCUT2D eigenvalue weighted by molar-refractivity contribution is 7.92. The molecule has 0 aliphatic rings. The lowest BCUT2D eigenvalue weighted by Crippen LogP contribution is -2.14. The molecule has 0 bridgehead atoms. The first-order chi connectivity index (χ1) is 8.53. The van der Waals surface area contributed by atoms with E-state index in [0.717, 1.165) is 5.56 Å². The fourth-order valence-corrected chi connectivity index (χ4v) is 2.43. The second kappa shape index (κ2) is 4.50. The molecule has 0 fully saturated rings. The molecule has 0 spiro atoms. The van der Waals surface area contributed by atoms with Gasteiger partial charge in [0.2, 0.25) is 0 Å². The number of nitrogens with one attached hydrogen (secondary N) is 2. The number of benzene rings is 1. The van der Waals surface area contributed by atoms with E-state index in [1.54, 1.807) is 19.1 Å². The molecule has 18 heavy (non-hydrogen) atoms. The topological polar surface area (TPSA) is 98.6 Å². The van der Waals surface area contributed by atoms with E-state index in [1.165, 1.54) is 18.3 Å². The van der Waals surface area contributed by atoms with E-state index in [1.807, 2.05) is 6.07 Å². The van der Waals surface area contributed by atoms with Crippen LogP contribution in [0.3, 0.4) is 0 Å². The van der Waals surface area contributed by atoms with Gasteiger partial charge in [0.1, 0.15) is 0 Å². The van der Waals surface area contributed by atoms with Crippen LogP contribution in [0.25, 0.3) is 0 Å².